The van der Waals surface area contributed by atoms with Gasteiger partial charge in [-0.15, -0.1) is 0 Å². The number of ether oxygens (including phenoxy) is 2. The smallest absolute Gasteiger partial charge is 0.270 e. The maximum absolute atomic E-state index is 13.1. The van der Waals surface area contributed by atoms with E-state index in [0.29, 0.717) is 6.29 Å². The van der Waals surface area contributed by atoms with Crippen molar-refractivity contribution in [2.45, 2.75) is 12.8 Å². The number of hydrogen-bond donors (Lipinski definition) is 0. The monoisotopic (exact) mass is 230 g/mol. The lowest BCUT2D eigenvalue weighted by Crippen LogP contribution is -2.09. The molecule has 0 saturated carbocycles. The van der Waals surface area contributed by atoms with Gasteiger partial charge in [0.25, 0.3) is 5.92 Å². The highest BCUT2D eigenvalue weighted by atomic mass is 19.3. The van der Waals surface area contributed by atoms with E-state index in [1.807, 2.05) is 0 Å². The van der Waals surface area contributed by atoms with Crippen molar-refractivity contribution in [3.63, 3.8) is 0 Å². The summed E-state index contributed by atoms with van der Waals surface area (Å²) in [6.07, 6.45) is 0.455. The lowest BCUT2D eigenvalue weighted by molar-refractivity contribution is 0.0172. The molecule has 0 aromatic heterocycles. The number of carbonyl (C=O) groups excluding carboxylic acids is 1. The molecule has 3 nitrogen and oxygen atoms in total. The van der Waals surface area contributed by atoms with Crippen LogP contribution in [0.1, 0.15) is 22.8 Å². The summed E-state index contributed by atoms with van der Waals surface area (Å²) in [5.74, 6) is -2.76. The summed E-state index contributed by atoms with van der Waals surface area (Å²) in [5.41, 5.74) is -0.245. The lowest BCUT2D eigenvalue weighted by Gasteiger charge is -2.15. The maximum atomic E-state index is 13.1. The third-order valence-electron chi connectivity index (χ3n) is 2.14. The molecule has 0 aliphatic rings. The van der Waals surface area contributed by atoms with Gasteiger partial charge in [0.15, 0.2) is 17.8 Å². The number of alkyl halides is 2. The summed E-state index contributed by atoms with van der Waals surface area (Å²) >= 11 is 0. The Bertz CT molecular complexity index is 397. The van der Waals surface area contributed by atoms with Crippen LogP contribution in [0.3, 0.4) is 0 Å². The molecule has 0 saturated heterocycles. The first-order chi connectivity index (χ1) is 7.43. The fourth-order valence-electron chi connectivity index (χ4n) is 1.33. The van der Waals surface area contributed by atoms with Crippen LogP contribution < -0.4 is 9.47 Å². The molecule has 0 aliphatic carbocycles. The van der Waals surface area contributed by atoms with Crippen LogP contribution in [0.15, 0.2) is 12.1 Å². The van der Waals surface area contributed by atoms with Gasteiger partial charge in [-0.2, -0.15) is 0 Å². The molecule has 0 radical (unpaired) electrons. The number of halogens is 2. The average Bonchev–Trinajstić information content (AvgIpc) is 2.25. The van der Waals surface area contributed by atoms with Crippen molar-refractivity contribution in [3.8, 4) is 11.5 Å². The fourth-order valence-corrected chi connectivity index (χ4v) is 1.33. The molecular formula is C11H12F2O3. The number of rotatable bonds is 4. The van der Waals surface area contributed by atoms with Crippen LogP contribution in [-0.4, -0.2) is 20.5 Å². The number of methoxy groups -OCH3 is 2. The summed E-state index contributed by atoms with van der Waals surface area (Å²) < 4.78 is 36.0. The molecule has 0 atom stereocenters. The molecule has 0 amide bonds. The van der Waals surface area contributed by atoms with E-state index in [1.54, 1.807) is 0 Å². The number of benzene rings is 1. The van der Waals surface area contributed by atoms with Gasteiger partial charge in [0.1, 0.15) is 0 Å². The van der Waals surface area contributed by atoms with Gasteiger partial charge < -0.3 is 9.47 Å². The molecule has 1 aromatic carbocycles. The van der Waals surface area contributed by atoms with Crippen LogP contribution in [0.4, 0.5) is 8.78 Å². The van der Waals surface area contributed by atoms with Gasteiger partial charge in [-0.3, -0.25) is 4.79 Å². The van der Waals surface area contributed by atoms with E-state index in [9.17, 15) is 13.6 Å². The lowest BCUT2D eigenvalue weighted by atomic mass is 10.0. The predicted octanol–water partition coefficient (Wildman–Crippen LogP) is 2.63. The molecular weight excluding hydrogens is 218 g/mol. The average molecular weight is 230 g/mol. The highest BCUT2D eigenvalue weighted by Gasteiger charge is 2.27. The normalized spacial score (nSPS) is 11.1. The maximum Gasteiger partial charge on any atom is 0.270 e. The Labute approximate surface area is 92.0 Å². The molecule has 1 aromatic rings. The van der Waals surface area contributed by atoms with E-state index >= 15 is 0 Å². The van der Waals surface area contributed by atoms with Crippen molar-refractivity contribution in [2.75, 3.05) is 14.2 Å². The number of carbonyl (C=O) groups is 1. The van der Waals surface area contributed by atoms with Crippen LogP contribution in [0, 0.1) is 0 Å². The minimum atomic E-state index is -3.03. The van der Waals surface area contributed by atoms with Crippen molar-refractivity contribution in [1.29, 1.82) is 0 Å². The summed E-state index contributed by atoms with van der Waals surface area (Å²) in [6, 6.07) is 2.25. The molecule has 16 heavy (non-hydrogen) atoms. The van der Waals surface area contributed by atoms with E-state index < -0.39 is 5.92 Å². The molecule has 88 valence electrons. The molecule has 0 heterocycles. The van der Waals surface area contributed by atoms with Gasteiger partial charge in [0.2, 0.25) is 0 Å². The van der Waals surface area contributed by atoms with Gasteiger partial charge in [0.05, 0.1) is 19.8 Å². The highest BCUT2D eigenvalue weighted by molar-refractivity contribution is 5.81. The van der Waals surface area contributed by atoms with Crippen LogP contribution in [0.5, 0.6) is 11.5 Å². The van der Waals surface area contributed by atoms with Gasteiger partial charge in [-0.05, 0) is 12.1 Å². The standard InChI is InChI=1S/C11H12F2O3/c1-11(12,13)8-4-7(6-14)10(16-3)9(5-8)15-2/h4-6H,1-3H3. The molecule has 0 unspecified atom stereocenters. The predicted molar refractivity (Wildman–Crippen MR) is 54.5 cm³/mol. The largest absolute Gasteiger partial charge is 0.493 e. The second-order valence-electron chi connectivity index (χ2n) is 3.31. The molecule has 0 N–H and O–H groups in total. The van der Waals surface area contributed by atoms with Gasteiger partial charge in [0, 0.05) is 12.5 Å². The van der Waals surface area contributed by atoms with Crippen LogP contribution >= 0.6 is 0 Å². The Balaban J connectivity index is 3.43. The zero-order valence-corrected chi connectivity index (χ0v) is 9.21. The first-order valence-corrected chi connectivity index (χ1v) is 4.53. The zero-order valence-electron chi connectivity index (χ0n) is 9.21. The van der Waals surface area contributed by atoms with E-state index in [4.69, 9.17) is 9.47 Å². The summed E-state index contributed by atoms with van der Waals surface area (Å²) in [6.45, 7) is 0.753. The zero-order chi connectivity index (χ0) is 12.3. The molecule has 0 spiro atoms. The molecule has 5 heteroatoms. The summed E-state index contributed by atoms with van der Waals surface area (Å²) in [5, 5.41) is 0. The minimum Gasteiger partial charge on any atom is -0.493 e. The summed E-state index contributed by atoms with van der Waals surface area (Å²) in [7, 11) is 2.67. The number of aldehydes is 1. The fraction of sp³-hybridized carbons (Fsp3) is 0.364. The van der Waals surface area contributed by atoms with E-state index in [0.717, 1.165) is 19.1 Å². The van der Waals surface area contributed by atoms with Gasteiger partial charge >= 0.3 is 0 Å². The van der Waals surface area contributed by atoms with Crippen molar-refractivity contribution in [1.82, 2.24) is 0 Å². The van der Waals surface area contributed by atoms with Crippen molar-refractivity contribution < 1.29 is 23.0 Å². The molecule has 0 fully saturated rings. The summed E-state index contributed by atoms with van der Waals surface area (Å²) in [4.78, 5) is 10.8. The topological polar surface area (TPSA) is 35.5 Å². The van der Waals surface area contributed by atoms with Crippen molar-refractivity contribution >= 4 is 6.29 Å². The SMILES string of the molecule is COc1cc(C(C)(F)F)cc(C=O)c1OC. The number of hydrogen-bond acceptors (Lipinski definition) is 3. The van der Waals surface area contributed by atoms with Crippen LogP contribution in [-0.2, 0) is 5.92 Å². The van der Waals surface area contributed by atoms with Crippen molar-refractivity contribution in [2.24, 2.45) is 0 Å². The van der Waals surface area contributed by atoms with E-state index in [-0.39, 0.29) is 22.6 Å². The minimum absolute atomic E-state index is 0.0402. The third-order valence-corrected chi connectivity index (χ3v) is 2.14. The van der Waals surface area contributed by atoms with E-state index in [2.05, 4.69) is 0 Å². The molecule has 1 rings (SSSR count). The Kier molecular flexibility index (Phi) is 3.47. The first kappa shape index (κ1) is 12.4. The Morgan fingerprint density at radius 1 is 1.25 bits per heavy atom. The molecule has 0 aliphatic heterocycles. The van der Waals surface area contributed by atoms with Crippen molar-refractivity contribution in [3.05, 3.63) is 23.3 Å². The van der Waals surface area contributed by atoms with Crippen LogP contribution in [0.25, 0.3) is 0 Å². The third kappa shape index (κ3) is 2.29. The quantitative estimate of drug-likeness (QED) is 0.746. The molecule has 0 bridgehead atoms. The second kappa shape index (κ2) is 4.47. The van der Waals surface area contributed by atoms with E-state index in [1.165, 1.54) is 14.2 Å². The second-order valence-corrected chi connectivity index (χ2v) is 3.31. The first-order valence-electron chi connectivity index (χ1n) is 4.53. The van der Waals surface area contributed by atoms with Crippen LogP contribution in [0.2, 0.25) is 0 Å². The van der Waals surface area contributed by atoms with Gasteiger partial charge in [-0.1, -0.05) is 0 Å². The van der Waals surface area contributed by atoms with Gasteiger partial charge in [-0.25, -0.2) is 8.78 Å². The Morgan fingerprint density at radius 3 is 2.25 bits per heavy atom. The highest BCUT2D eigenvalue weighted by Crippen LogP contribution is 2.37. The Morgan fingerprint density at radius 2 is 1.88 bits per heavy atom. The Hall–Kier alpha value is -1.65.